The molecule has 7 nitrogen and oxygen atoms in total. The lowest BCUT2D eigenvalue weighted by molar-refractivity contribution is -0.384. The Kier molecular flexibility index (Phi) is 4.61. The first-order valence-electron chi connectivity index (χ1n) is 5.37. The van der Waals surface area contributed by atoms with Gasteiger partial charge in [-0.25, -0.2) is 4.79 Å². The number of aryl methyl sites for hydroxylation is 1. The Balaban J connectivity index is 2.80. The predicted molar refractivity (Wildman–Crippen MR) is 66.5 cm³/mol. The van der Waals surface area contributed by atoms with Gasteiger partial charge in [0.25, 0.3) is 5.69 Å². The molecule has 18 heavy (non-hydrogen) atoms. The molecule has 1 atom stereocenters. The van der Waals surface area contributed by atoms with E-state index in [2.05, 4.69) is 10.6 Å². The molecule has 1 unspecified atom stereocenters. The minimum atomic E-state index is -0.529. The van der Waals surface area contributed by atoms with Crippen molar-refractivity contribution in [3.8, 4) is 0 Å². The number of nitro benzene ring substituents is 1. The van der Waals surface area contributed by atoms with Crippen molar-refractivity contribution in [1.29, 1.82) is 0 Å². The second-order valence-corrected chi connectivity index (χ2v) is 3.94. The van der Waals surface area contributed by atoms with E-state index in [0.29, 0.717) is 11.3 Å². The number of carbonyl (C=O) groups excluding carboxylic acids is 1. The fourth-order valence-electron chi connectivity index (χ4n) is 1.29. The van der Waals surface area contributed by atoms with E-state index >= 15 is 0 Å². The summed E-state index contributed by atoms with van der Waals surface area (Å²) in [6, 6.07) is 3.32. The van der Waals surface area contributed by atoms with Crippen LogP contribution in [0.5, 0.6) is 0 Å². The minimum Gasteiger partial charge on any atom is -0.394 e. The lowest BCUT2D eigenvalue weighted by Crippen LogP contribution is -2.38. The van der Waals surface area contributed by atoms with Crippen molar-refractivity contribution in [2.24, 2.45) is 0 Å². The van der Waals surface area contributed by atoms with Crippen LogP contribution in [0.1, 0.15) is 12.5 Å². The smallest absolute Gasteiger partial charge is 0.319 e. The minimum absolute atomic E-state index is 0.0916. The van der Waals surface area contributed by atoms with Crippen LogP contribution in [0.3, 0.4) is 0 Å². The van der Waals surface area contributed by atoms with E-state index in [4.69, 9.17) is 5.11 Å². The highest BCUT2D eigenvalue weighted by Gasteiger charge is 2.12. The predicted octanol–water partition coefficient (Wildman–Crippen LogP) is 1.41. The Labute approximate surface area is 104 Å². The third-order valence-electron chi connectivity index (χ3n) is 2.33. The van der Waals surface area contributed by atoms with Gasteiger partial charge < -0.3 is 15.7 Å². The molecule has 0 fully saturated rings. The van der Waals surface area contributed by atoms with E-state index in [0.717, 1.165) is 0 Å². The van der Waals surface area contributed by atoms with Crippen LogP contribution in [0.2, 0.25) is 0 Å². The van der Waals surface area contributed by atoms with E-state index in [9.17, 15) is 14.9 Å². The summed E-state index contributed by atoms with van der Waals surface area (Å²) in [5.41, 5.74) is 0.991. The molecular formula is C11H15N3O4. The molecule has 0 aliphatic heterocycles. The van der Waals surface area contributed by atoms with Crippen molar-refractivity contribution < 1.29 is 14.8 Å². The largest absolute Gasteiger partial charge is 0.394 e. The average Bonchev–Trinajstić information content (AvgIpc) is 2.31. The zero-order chi connectivity index (χ0) is 13.7. The first-order valence-corrected chi connectivity index (χ1v) is 5.37. The van der Waals surface area contributed by atoms with Crippen LogP contribution in [0.25, 0.3) is 0 Å². The number of aliphatic hydroxyl groups excluding tert-OH is 1. The highest BCUT2D eigenvalue weighted by atomic mass is 16.6. The SMILES string of the molecule is Cc1ccc([N+](=O)[O-])cc1NC(=O)NC(C)CO. The van der Waals surface area contributed by atoms with Gasteiger partial charge in [0.1, 0.15) is 0 Å². The molecule has 3 N–H and O–H groups in total. The maximum atomic E-state index is 11.5. The van der Waals surface area contributed by atoms with E-state index < -0.39 is 11.0 Å². The quantitative estimate of drug-likeness (QED) is 0.557. The number of anilines is 1. The second kappa shape index (κ2) is 5.97. The molecule has 98 valence electrons. The van der Waals surface area contributed by atoms with Gasteiger partial charge in [-0.05, 0) is 19.4 Å². The van der Waals surface area contributed by atoms with Crippen LogP contribution in [0, 0.1) is 17.0 Å². The Morgan fingerprint density at radius 1 is 1.56 bits per heavy atom. The highest BCUT2D eigenvalue weighted by Crippen LogP contribution is 2.21. The zero-order valence-corrected chi connectivity index (χ0v) is 10.1. The number of carbonyl (C=O) groups is 1. The molecular weight excluding hydrogens is 238 g/mol. The number of hydrogen-bond donors (Lipinski definition) is 3. The maximum Gasteiger partial charge on any atom is 0.319 e. The van der Waals surface area contributed by atoms with Gasteiger partial charge in [0.15, 0.2) is 0 Å². The van der Waals surface area contributed by atoms with Crippen molar-refractivity contribution in [3.05, 3.63) is 33.9 Å². The van der Waals surface area contributed by atoms with Crippen molar-refractivity contribution >= 4 is 17.4 Å². The summed E-state index contributed by atoms with van der Waals surface area (Å²) < 4.78 is 0. The van der Waals surface area contributed by atoms with Gasteiger partial charge in [0.2, 0.25) is 0 Å². The van der Waals surface area contributed by atoms with E-state index in [-0.39, 0.29) is 18.3 Å². The van der Waals surface area contributed by atoms with Crippen LogP contribution in [0.4, 0.5) is 16.2 Å². The molecule has 0 saturated heterocycles. The molecule has 0 spiro atoms. The average molecular weight is 253 g/mol. The Hall–Kier alpha value is -2.15. The van der Waals surface area contributed by atoms with Crippen molar-refractivity contribution in [1.82, 2.24) is 5.32 Å². The number of amides is 2. The number of benzene rings is 1. The number of rotatable bonds is 4. The Morgan fingerprint density at radius 3 is 2.78 bits per heavy atom. The molecule has 1 aromatic rings. The van der Waals surface area contributed by atoms with Crippen LogP contribution < -0.4 is 10.6 Å². The Bertz CT molecular complexity index is 462. The number of nitro groups is 1. The zero-order valence-electron chi connectivity index (χ0n) is 10.1. The molecule has 0 aliphatic carbocycles. The van der Waals surface area contributed by atoms with Crippen LogP contribution in [-0.4, -0.2) is 28.7 Å². The van der Waals surface area contributed by atoms with Gasteiger partial charge in [-0.3, -0.25) is 10.1 Å². The number of aliphatic hydroxyl groups is 1. The van der Waals surface area contributed by atoms with Gasteiger partial charge in [0.05, 0.1) is 23.3 Å². The summed E-state index contributed by atoms with van der Waals surface area (Å²) in [5, 5.41) is 24.4. The summed E-state index contributed by atoms with van der Waals surface area (Å²) in [6.45, 7) is 3.19. The fourth-order valence-corrected chi connectivity index (χ4v) is 1.29. The van der Waals surface area contributed by atoms with Gasteiger partial charge in [-0.1, -0.05) is 6.07 Å². The first-order chi connectivity index (χ1) is 8.43. The lowest BCUT2D eigenvalue weighted by atomic mass is 10.2. The van der Waals surface area contributed by atoms with E-state index in [1.807, 2.05) is 0 Å². The van der Waals surface area contributed by atoms with E-state index in [1.165, 1.54) is 12.1 Å². The molecule has 0 radical (unpaired) electrons. The maximum absolute atomic E-state index is 11.5. The van der Waals surface area contributed by atoms with Gasteiger partial charge in [0, 0.05) is 12.1 Å². The molecule has 7 heteroatoms. The highest BCUT2D eigenvalue weighted by molar-refractivity contribution is 5.90. The standard InChI is InChI=1S/C11H15N3O4/c1-7-3-4-9(14(17)18)5-10(7)13-11(16)12-8(2)6-15/h3-5,8,15H,6H2,1-2H3,(H2,12,13,16). The second-order valence-electron chi connectivity index (χ2n) is 3.94. The normalized spacial score (nSPS) is 11.7. The van der Waals surface area contributed by atoms with Gasteiger partial charge >= 0.3 is 6.03 Å². The number of urea groups is 1. The van der Waals surface area contributed by atoms with Crippen molar-refractivity contribution in [3.63, 3.8) is 0 Å². The first kappa shape index (κ1) is 13.9. The number of hydrogen-bond acceptors (Lipinski definition) is 4. The summed E-state index contributed by atoms with van der Waals surface area (Å²) in [5.74, 6) is 0. The number of non-ortho nitro benzene ring substituents is 1. The molecule has 2 amide bonds. The molecule has 1 rings (SSSR count). The number of nitrogens with zero attached hydrogens (tertiary/aromatic N) is 1. The monoisotopic (exact) mass is 253 g/mol. The summed E-state index contributed by atoms with van der Waals surface area (Å²) in [4.78, 5) is 21.6. The van der Waals surface area contributed by atoms with Crippen LogP contribution in [0.15, 0.2) is 18.2 Å². The summed E-state index contributed by atoms with van der Waals surface area (Å²) >= 11 is 0. The third kappa shape index (κ3) is 3.70. The van der Waals surface area contributed by atoms with Gasteiger partial charge in [-0.15, -0.1) is 0 Å². The molecule has 0 heterocycles. The van der Waals surface area contributed by atoms with Crippen molar-refractivity contribution in [2.45, 2.75) is 19.9 Å². The molecule has 1 aromatic carbocycles. The molecule has 0 bridgehead atoms. The van der Waals surface area contributed by atoms with E-state index in [1.54, 1.807) is 19.9 Å². The fraction of sp³-hybridized carbons (Fsp3) is 0.364. The molecule has 0 aromatic heterocycles. The third-order valence-corrected chi connectivity index (χ3v) is 2.33. The lowest BCUT2D eigenvalue weighted by Gasteiger charge is -2.13. The summed E-state index contributed by atoms with van der Waals surface area (Å²) in [6.07, 6.45) is 0. The van der Waals surface area contributed by atoms with Crippen molar-refractivity contribution in [2.75, 3.05) is 11.9 Å². The summed E-state index contributed by atoms with van der Waals surface area (Å²) in [7, 11) is 0. The van der Waals surface area contributed by atoms with Crippen LogP contribution in [-0.2, 0) is 0 Å². The topological polar surface area (TPSA) is 105 Å². The molecule has 0 aliphatic rings. The van der Waals surface area contributed by atoms with Crippen LogP contribution >= 0.6 is 0 Å². The Morgan fingerprint density at radius 2 is 2.22 bits per heavy atom. The van der Waals surface area contributed by atoms with Gasteiger partial charge in [-0.2, -0.15) is 0 Å². The molecule has 0 saturated carbocycles. The number of nitrogens with one attached hydrogen (secondary N) is 2.